The van der Waals surface area contributed by atoms with Crippen molar-refractivity contribution in [2.24, 2.45) is 5.92 Å². The third kappa shape index (κ3) is 4.73. The zero-order chi connectivity index (χ0) is 17.5. The average Bonchev–Trinajstić information content (AvgIpc) is 2.60. The highest BCUT2D eigenvalue weighted by Crippen LogP contribution is 2.27. The van der Waals surface area contributed by atoms with Crippen LogP contribution in [0.2, 0.25) is 0 Å². The molecule has 1 aromatic rings. The number of carbonyl (C=O) groups is 2. The summed E-state index contributed by atoms with van der Waals surface area (Å²) in [5.74, 6) is 0.849. The minimum atomic E-state index is -0.0505. The first-order chi connectivity index (χ1) is 11.5. The second-order valence-electron chi connectivity index (χ2n) is 6.45. The molecule has 0 radical (unpaired) electrons. The number of likely N-dealkylation sites (tertiary alicyclic amines) is 1. The Labute approximate surface area is 144 Å². The maximum Gasteiger partial charge on any atom is 0.227 e. The van der Waals surface area contributed by atoms with Gasteiger partial charge in [-0.15, -0.1) is 0 Å². The molecule has 2 amide bonds. The summed E-state index contributed by atoms with van der Waals surface area (Å²) in [7, 11) is 1.60. The Kier molecular flexibility index (Phi) is 6.64. The van der Waals surface area contributed by atoms with Gasteiger partial charge in [0.15, 0.2) is 0 Å². The molecule has 1 aliphatic heterocycles. The molecule has 0 saturated carbocycles. The van der Waals surface area contributed by atoms with Gasteiger partial charge in [0.1, 0.15) is 5.75 Å². The third-order valence-corrected chi connectivity index (χ3v) is 4.58. The minimum absolute atomic E-state index is 0.0135. The Morgan fingerprint density at radius 2 is 2.00 bits per heavy atom. The fourth-order valence-electron chi connectivity index (χ4n) is 3.03. The Morgan fingerprint density at radius 3 is 2.62 bits per heavy atom. The van der Waals surface area contributed by atoms with Crippen molar-refractivity contribution < 1.29 is 14.3 Å². The van der Waals surface area contributed by atoms with E-state index in [1.54, 1.807) is 7.11 Å². The molecule has 2 rings (SSSR count). The fraction of sp³-hybridized carbons (Fsp3) is 0.579. The van der Waals surface area contributed by atoms with Crippen LogP contribution < -0.4 is 10.1 Å². The maximum absolute atomic E-state index is 12.5. The third-order valence-electron chi connectivity index (χ3n) is 4.58. The molecule has 0 spiro atoms. The summed E-state index contributed by atoms with van der Waals surface area (Å²) in [5, 5.41) is 2.98. The smallest absolute Gasteiger partial charge is 0.227 e. The number of piperidine rings is 1. The molecule has 132 valence electrons. The number of hydrogen-bond acceptors (Lipinski definition) is 3. The van der Waals surface area contributed by atoms with Gasteiger partial charge < -0.3 is 15.0 Å². The molecule has 5 heteroatoms. The lowest BCUT2D eigenvalue weighted by molar-refractivity contribution is -0.134. The molecule has 1 N–H and O–H groups in total. The second-order valence-corrected chi connectivity index (χ2v) is 6.45. The van der Waals surface area contributed by atoms with Crippen LogP contribution in [-0.2, 0) is 9.59 Å². The van der Waals surface area contributed by atoms with Crippen LogP contribution in [0.15, 0.2) is 18.2 Å². The van der Waals surface area contributed by atoms with E-state index in [2.05, 4.69) is 12.2 Å². The second kappa shape index (κ2) is 8.71. The standard InChI is InChI=1S/C19H28N2O3/c1-4-5-6-18(22)21-11-9-15(10-12-21)19(23)20-16-13-14(2)7-8-17(16)24-3/h7-8,13,15H,4-6,9-12H2,1-3H3,(H,20,23). The first kappa shape index (κ1) is 18.3. The topological polar surface area (TPSA) is 58.6 Å². The van der Waals surface area contributed by atoms with Crippen LogP contribution in [0.1, 0.15) is 44.6 Å². The van der Waals surface area contributed by atoms with Gasteiger partial charge in [0.05, 0.1) is 12.8 Å². The van der Waals surface area contributed by atoms with E-state index < -0.39 is 0 Å². The Morgan fingerprint density at radius 1 is 1.29 bits per heavy atom. The van der Waals surface area contributed by atoms with E-state index in [1.165, 1.54) is 0 Å². The van der Waals surface area contributed by atoms with E-state index in [-0.39, 0.29) is 17.7 Å². The van der Waals surface area contributed by atoms with Gasteiger partial charge in [0.25, 0.3) is 0 Å². The maximum atomic E-state index is 12.5. The number of hydrogen-bond donors (Lipinski definition) is 1. The van der Waals surface area contributed by atoms with E-state index >= 15 is 0 Å². The lowest BCUT2D eigenvalue weighted by Crippen LogP contribution is -2.41. The summed E-state index contributed by atoms with van der Waals surface area (Å²) >= 11 is 0. The van der Waals surface area contributed by atoms with Crippen LogP contribution in [0.5, 0.6) is 5.75 Å². The van der Waals surface area contributed by atoms with Crippen molar-refractivity contribution >= 4 is 17.5 Å². The van der Waals surface area contributed by atoms with Gasteiger partial charge in [0, 0.05) is 25.4 Å². The summed E-state index contributed by atoms with van der Waals surface area (Å²) < 4.78 is 5.31. The van der Waals surface area contributed by atoms with Crippen molar-refractivity contribution in [3.8, 4) is 5.75 Å². The molecule has 0 bridgehead atoms. The number of ether oxygens (including phenoxy) is 1. The number of nitrogens with zero attached hydrogens (tertiary/aromatic N) is 1. The number of amides is 2. The summed E-state index contributed by atoms with van der Waals surface area (Å²) in [4.78, 5) is 26.5. The first-order valence-corrected chi connectivity index (χ1v) is 8.78. The molecule has 24 heavy (non-hydrogen) atoms. The van der Waals surface area contributed by atoms with Gasteiger partial charge in [-0.25, -0.2) is 0 Å². The molecule has 1 fully saturated rings. The van der Waals surface area contributed by atoms with Crippen LogP contribution in [0.25, 0.3) is 0 Å². The number of nitrogens with one attached hydrogen (secondary N) is 1. The zero-order valence-electron chi connectivity index (χ0n) is 14.9. The van der Waals surface area contributed by atoms with Gasteiger partial charge in [0.2, 0.25) is 11.8 Å². The summed E-state index contributed by atoms with van der Waals surface area (Å²) in [6, 6.07) is 5.73. The molecule has 1 aliphatic rings. The van der Waals surface area contributed by atoms with E-state index in [0.717, 1.165) is 31.2 Å². The fourth-order valence-corrected chi connectivity index (χ4v) is 3.03. The number of carbonyl (C=O) groups excluding carboxylic acids is 2. The molecule has 5 nitrogen and oxygen atoms in total. The largest absolute Gasteiger partial charge is 0.495 e. The number of rotatable bonds is 6. The van der Waals surface area contributed by atoms with Crippen LogP contribution in [0, 0.1) is 12.8 Å². The normalized spacial score (nSPS) is 15.2. The van der Waals surface area contributed by atoms with Crippen LogP contribution in [0.3, 0.4) is 0 Å². The number of methoxy groups -OCH3 is 1. The van der Waals surface area contributed by atoms with E-state index in [1.807, 2.05) is 30.0 Å². The predicted molar refractivity (Wildman–Crippen MR) is 95.2 cm³/mol. The number of anilines is 1. The molecule has 1 aromatic carbocycles. The number of unbranched alkanes of at least 4 members (excludes halogenated alkanes) is 1. The molecular formula is C19H28N2O3. The number of benzene rings is 1. The van der Waals surface area contributed by atoms with Gasteiger partial charge in [-0.05, 0) is 43.9 Å². The highest BCUT2D eigenvalue weighted by atomic mass is 16.5. The average molecular weight is 332 g/mol. The molecule has 0 aliphatic carbocycles. The van der Waals surface area contributed by atoms with Crippen molar-refractivity contribution in [3.63, 3.8) is 0 Å². The number of aryl methyl sites for hydroxylation is 1. The highest BCUT2D eigenvalue weighted by molar-refractivity contribution is 5.94. The lowest BCUT2D eigenvalue weighted by Gasteiger charge is -2.31. The Bertz CT molecular complexity index is 578. The van der Waals surface area contributed by atoms with Crippen LogP contribution >= 0.6 is 0 Å². The van der Waals surface area contributed by atoms with Crippen molar-refractivity contribution in [3.05, 3.63) is 23.8 Å². The summed E-state index contributed by atoms with van der Waals surface area (Å²) in [6.07, 6.45) is 4.03. The van der Waals surface area contributed by atoms with Crippen LogP contribution in [-0.4, -0.2) is 36.9 Å². The SMILES string of the molecule is CCCCC(=O)N1CCC(C(=O)Nc2cc(C)ccc2OC)CC1. The summed E-state index contributed by atoms with van der Waals surface area (Å²) in [5.41, 5.74) is 1.78. The van der Waals surface area contributed by atoms with Crippen molar-refractivity contribution in [1.29, 1.82) is 0 Å². The Hall–Kier alpha value is -2.04. The lowest BCUT2D eigenvalue weighted by atomic mass is 9.95. The van der Waals surface area contributed by atoms with Crippen molar-refractivity contribution in [1.82, 2.24) is 4.90 Å². The van der Waals surface area contributed by atoms with E-state index in [0.29, 0.717) is 30.9 Å². The van der Waals surface area contributed by atoms with Crippen molar-refractivity contribution in [2.45, 2.75) is 46.0 Å². The van der Waals surface area contributed by atoms with Gasteiger partial charge in [-0.2, -0.15) is 0 Å². The van der Waals surface area contributed by atoms with E-state index in [4.69, 9.17) is 4.74 Å². The first-order valence-electron chi connectivity index (χ1n) is 8.78. The molecule has 0 atom stereocenters. The minimum Gasteiger partial charge on any atom is -0.495 e. The molecular weight excluding hydrogens is 304 g/mol. The predicted octanol–water partition coefficient (Wildman–Crippen LogP) is 3.37. The molecule has 0 aromatic heterocycles. The Balaban J connectivity index is 1.89. The van der Waals surface area contributed by atoms with Crippen molar-refractivity contribution in [2.75, 3.05) is 25.5 Å². The molecule has 0 unspecified atom stereocenters. The molecule has 1 heterocycles. The van der Waals surface area contributed by atoms with Gasteiger partial charge >= 0.3 is 0 Å². The summed E-state index contributed by atoms with van der Waals surface area (Å²) in [6.45, 7) is 5.41. The quantitative estimate of drug-likeness (QED) is 0.869. The van der Waals surface area contributed by atoms with E-state index in [9.17, 15) is 9.59 Å². The highest BCUT2D eigenvalue weighted by Gasteiger charge is 2.27. The van der Waals surface area contributed by atoms with Gasteiger partial charge in [-0.1, -0.05) is 19.4 Å². The van der Waals surface area contributed by atoms with Crippen LogP contribution in [0.4, 0.5) is 5.69 Å². The zero-order valence-corrected chi connectivity index (χ0v) is 14.9. The monoisotopic (exact) mass is 332 g/mol. The molecule has 1 saturated heterocycles. The van der Waals surface area contributed by atoms with Gasteiger partial charge in [-0.3, -0.25) is 9.59 Å².